The summed E-state index contributed by atoms with van der Waals surface area (Å²) < 4.78 is 17.6. The van der Waals surface area contributed by atoms with Crippen LogP contribution in [0.2, 0.25) is 0 Å². The Bertz CT molecular complexity index is 1200. The van der Waals surface area contributed by atoms with Crippen LogP contribution in [0, 0.1) is 6.92 Å². The van der Waals surface area contributed by atoms with Crippen molar-refractivity contribution in [2.24, 2.45) is 0 Å². The number of fused-ring (bicyclic) bond motifs is 1. The van der Waals surface area contributed by atoms with Crippen molar-refractivity contribution in [2.75, 3.05) is 62.6 Å². The maximum Gasteiger partial charge on any atom is 0.257 e. The van der Waals surface area contributed by atoms with E-state index in [-0.39, 0.29) is 5.91 Å². The van der Waals surface area contributed by atoms with Gasteiger partial charge in [0.15, 0.2) is 5.13 Å². The number of methoxy groups -OCH3 is 1. The first-order valence-corrected chi connectivity index (χ1v) is 12.9. The zero-order valence-corrected chi connectivity index (χ0v) is 21.7. The number of morpholine rings is 1. The number of thiazole rings is 1. The summed E-state index contributed by atoms with van der Waals surface area (Å²) in [5.41, 5.74) is 12.4. The van der Waals surface area contributed by atoms with Crippen molar-refractivity contribution in [2.45, 2.75) is 33.6 Å². The predicted molar refractivity (Wildman–Crippen MR) is 142 cm³/mol. The Morgan fingerprint density at radius 3 is 2.74 bits per heavy atom. The highest BCUT2D eigenvalue weighted by Gasteiger charge is 2.22. The Morgan fingerprint density at radius 1 is 1.29 bits per heavy atom. The third kappa shape index (κ3) is 5.22. The number of nitrogens with zero attached hydrogens (tertiary/aromatic N) is 2. The van der Waals surface area contributed by atoms with Gasteiger partial charge in [-0.3, -0.25) is 10.1 Å². The Labute approximate surface area is 210 Å². The summed E-state index contributed by atoms with van der Waals surface area (Å²) in [7, 11) is 1.63. The highest BCUT2D eigenvalue weighted by molar-refractivity contribution is 7.23. The van der Waals surface area contributed by atoms with E-state index in [0.717, 1.165) is 52.1 Å². The second kappa shape index (κ2) is 11.2. The van der Waals surface area contributed by atoms with Crippen molar-refractivity contribution >= 4 is 44.0 Å². The molecule has 8 nitrogen and oxygen atoms in total. The van der Waals surface area contributed by atoms with Gasteiger partial charge in [0.25, 0.3) is 5.91 Å². The molecule has 188 valence electrons. The number of ether oxygens (including phenoxy) is 3. The van der Waals surface area contributed by atoms with Gasteiger partial charge in [0.2, 0.25) is 0 Å². The lowest BCUT2D eigenvalue weighted by Gasteiger charge is -2.29. The summed E-state index contributed by atoms with van der Waals surface area (Å²) in [6.07, 6.45) is 1.51. The van der Waals surface area contributed by atoms with Gasteiger partial charge in [-0.15, -0.1) is 0 Å². The van der Waals surface area contributed by atoms with Crippen molar-refractivity contribution in [3.63, 3.8) is 0 Å². The van der Waals surface area contributed by atoms with Crippen LogP contribution in [-0.4, -0.2) is 57.5 Å². The molecule has 0 atom stereocenters. The first-order valence-electron chi connectivity index (χ1n) is 12.1. The van der Waals surface area contributed by atoms with Gasteiger partial charge in [0, 0.05) is 30.9 Å². The Hall–Kier alpha value is -2.88. The van der Waals surface area contributed by atoms with Gasteiger partial charge >= 0.3 is 0 Å². The summed E-state index contributed by atoms with van der Waals surface area (Å²) in [6, 6.07) is 5.93. The summed E-state index contributed by atoms with van der Waals surface area (Å²) >= 11 is 1.45. The monoisotopic (exact) mass is 498 g/mol. The van der Waals surface area contributed by atoms with Crippen molar-refractivity contribution in [1.82, 2.24) is 4.98 Å². The van der Waals surface area contributed by atoms with E-state index in [0.29, 0.717) is 55.0 Å². The standard InChI is InChI=1S/C26H34N4O4S/c1-5-18-17(9-12-33-6-2)15-19(16(3)22(18)27)25(31)29-26-28-23-21(32-4)8-7-20(24(23)35-26)30-10-13-34-14-11-30/h7-8,15H,5-6,9-14,27H2,1-4H3,(H,28,29,31). The van der Waals surface area contributed by atoms with Crippen LogP contribution in [0.25, 0.3) is 10.2 Å². The molecular weight excluding hydrogens is 464 g/mol. The van der Waals surface area contributed by atoms with E-state index < -0.39 is 0 Å². The maximum absolute atomic E-state index is 13.4. The van der Waals surface area contributed by atoms with Crippen molar-refractivity contribution in [3.05, 3.63) is 40.5 Å². The SMILES string of the molecule is CCOCCc1cc(C(=O)Nc2nc3c(OC)ccc(N4CCOCC4)c3s2)c(C)c(N)c1CC. The van der Waals surface area contributed by atoms with Gasteiger partial charge in [0.1, 0.15) is 11.3 Å². The van der Waals surface area contributed by atoms with E-state index in [9.17, 15) is 4.79 Å². The fourth-order valence-corrected chi connectivity index (χ4v) is 5.54. The second-order valence-electron chi connectivity index (χ2n) is 8.44. The number of hydrogen-bond donors (Lipinski definition) is 2. The molecule has 2 aromatic carbocycles. The summed E-state index contributed by atoms with van der Waals surface area (Å²) in [5.74, 6) is 0.458. The number of benzene rings is 2. The zero-order valence-electron chi connectivity index (χ0n) is 20.9. The molecule has 0 unspecified atom stereocenters. The molecule has 0 bridgehead atoms. The van der Waals surface area contributed by atoms with Crippen LogP contribution in [0.3, 0.4) is 0 Å². The van der Waals surface area contributed by atoms with Gasteiger partial charge in [-0.05, 0) is 61.6 Å². The topological polar surface area (TPSA) is 98.9 Å². The molecule has 1 amide bonds. The average molecular weight is 499 g/mol. The van der Waals surface area contributed by atoms with Gasteiger partial charge < -0.3 is 24.8 Å². The number of carbonyl (C=O) groups excluding carboxylic acids is 1. The molecule has 0 aliphatic carbocycles. The molecule has 0 saturated carbocycles. The molecule has 1 aliphatic rings. The van der Waals surface area contributed by atoms with Crippen LogP contribution in [0.5, 0.6) is 5.75 Å². The highest BCUT2D eigenvalue weighted by Crippen LogP contribution is 2.40. The van der Waals surface area contributed by atoms with E-state index in [1.165, 1.54) is 11.3 Å². The lowest BCUT2D eigenvalue weighted by atomic mass is 9.93. The molecule has 4 rings (SSSR count). The Kier molecular flexibility index (Phi) is 8.10. The van der Waals surface area contributed by atoms with Crippen molar-refractivity contribution in [3.8, 4) is 5.75 Å². The molecule has 1 saturated heterocycles. The molecule has 35 heavy (non-hydrogen) atoms. The van der Waals surface area contributed by atoms with Gasteiger partial charge in [0.05, 0.1) is 37.3 Å². The number of anilines is 3. The Balaban J connectivity index is 1.66. The predicted octanol–water partition coefficient (Wildman–Crippen LogP) is 4.43. The Morgan fingerprint density at radius 2 is 2.06 bits per heavy atom. The second-order valence-corrected chi connectivity index (χ2v) is 9.44. The summed E-state index contributed by atoms with van der Waals surface area (Å²) in [6.45, 7) is 10.2. The number of amides is 1. The van der Waals surface area contributed by atoms with E-state index in [1.54, 1.807) is 7.11 Å². The quantitative estimate of drug-likeness (QED) is 0.333. The third-order valence-corrected chi connectivity index (χ3v) is 7.43. The molecule has 2 heterocycles. The molecule has 9 heteroatoms. The van der Waals surface area contributed by atoms with Gasteiger partial charge in [-0.2, -0.15) is 0 Å². The fourth-order valence-electron chi connectivity index (χ4n) is 4.52. The normalized spacial score (nSPS) is 13.9. The van der Waals surface area contributed by atoms with Crippen LogP contribution in [-0.2, 0) is 22.3 Å². The minimum atomic E-state index is -0.222. The highest BCUT2D eigenvalue weighted by atomic mass is 32.1. The van der Waals surface area contributed by atoms with Crippen LogP contribution in [0.4, 0.5) is 16.5 Å². The van der Waals surface area contributed by atoms with E-state index in [4.69, 9.17) is 24.9 Å². The molecule has 0 radical (unpaired) electrons. The molecule has 1 fully saturated rings. The number of nitrogens with two attached hydrogens (primary N) is 1. The average Bonchev–Trinajstić information content (AvgIpc) is 3.29. The first kappa shape index (κ1) is 25.2. The summed E-state index contributed by atoms with van der Waals surface area (Å²) in [5, 5.41) is 3.54. The number of aromatic nitrogens is 1. The van der Waals surface area contributed by atoms with E-state index >= 15 is 0 Å². The minimum absolute atomic E-state index is 0.222. The fraction of sp³-hybridized carbons (Fsp3) is 0.462. The first-order chi connectivity index (χ1) is 17.0. The number of hydrogen-bond acceptors (Lipinski definition) is 8. The molecule has 3 N–H and O–H groups in total. The number of nitrogen functional groups attached to an aromatic ring is 1. The van der Waals surface area contributed by atoms with Gasteiger partial charge in [-0.1, -0.05) is 18.3 Å². The van der Waals surface area contributed by atoms with Crippen molar-refractivity contribution < 1.29 is 19.0 Å². The van der Waals surface area contributed by atoms with Crippen LogP contribution < -0.4 is 20.7 Å². The smallest absolute Gasteiger partial charge is 0.257 e. The zero-order chi connectivity index (χ0) is 24.9. The molecule has 3 aromatic rings. The van der Waals surface area contributed by atoms with Crippen molar-refractivity contribution in [1.29, 1.82) is 0 Å². The van der Waals surface area contributed by atoms with E-state index in [1.807, 2.05) is 26.0 Å². The number of nitrogens with one attached hydrogen (secondary N) is 1. The van der Waals surface area contributed by atoms with E-state index in [2.05, 4.69) is 23.2 Å². The van der Waals surface area contributed by atoms with Crippen LogP contribution in [0.1, 0.15) is 40.9 Å². The molecule has 1 aliphatic heterocycles. The number of rotatable bonds is 9. The van der Waals surface area contributed by atoms with Crippen LogP contribution >= 0.6 is 11.3 Å². The van der Waals surface area contributed by atoms with Gasteiger partial charge in [-0.25, -0.2) is 4.98 Å². The maximum atomic E-state index is 13.4. The molecular formula is C26H34N4O4S. The third-order valence-electron chi connectivity index (χ3n) is 6.44. The molecule has 1 aromatic heterocycles. The molecule has 0 spiro atoms. The number of carbonyl (C=O) groups is 1. The lowest BCUT2D eigenvalue weighted by Crippen LogP contribution is -2.36. The summed E-state index contributed by atoms with van der Waals surface area (Å²) in [4.78, 5) is 20.4. The largest absolute Gasteiger partial charge is 0.494 e. The minimum Gasteiger partial charge on any atom is -0.494 e. The lowest BCUT2D eigenvalue weighted by molar-refractivity contribution is 0.102. The van der Waals surface area contributed by atoms with Crippen LogP contribution in [0.15, 0.2) is 18.2 Å².